The fourth-order valence-electron chi connectivity index (χ4n) is 2.47. The average Bonchev–Trinajstić information content (AvgIpc) is 2.65. The summed E-state index contributed by atoms with van der Waals surface area (Å²) in [7, 11) is -3.78. The van der Waals surface area contributed by atoms with Gasteiger partial charge >= 0.3 is 0 Å². The highest BCUT2D eigenvalue weighted by Gasteiger charge is 2.48. The summed E-state index contributed by atoms with van der Waals surface area (Å²) in [5.41, 5.74) is 2.23. The summed E-state index contributed by atoms with van der Waals surface area (Å²) in [5, 5.41) is 5.42. The second-order valence-corrected chi connectivity index (χ2v) is 10.8. The Balaban J connectivity index is 2.26. The van der Waals surface area contributed by atoms with Crippen molar-refractivity contribution in [1.82, 2.24) is 10.4 Å². The van der Waals surface area contributed by atoms with Crippen molar-refractivity contribution in [3.8, 4) is 0 Å². The third-order valence-electron chi connectivity index (χ3n) is 3.90. The van der Waals surface area contributed by atoms with Crippen molar-refractivity contribution in [3.63, 3.8) is 0 Å². The van der Waals surface area contributed by atoms with Crippen LogP contribution in [-0.2, 0) is 15.6 Å². The Morgan fingerprint density at radius 1 is 1.11 bits per heavy atom. The second kappa shape index (κ2) is 10.1. The Kier molecular flexibility index (Phi) is 8.38. The molecule has 0 aromatic heterocycles. The van der Waals surface area contributed by atoms with Gasteiger partial charge in [-0.15, -0.1) is 0 Å². The molecule has 28 heavy (non-hydrogen) atoms. The molecule has 0 heterocycles. The van der Waals surface area contributed by atoms with Gasteiger partial charge in [0.25, 0.3) is 13.4 Å². The number of alkyl halides is 3. The Hall–Kier alpha value is -1.07. The average molecular weight is 464 g/mol. The molecule has 152 valence electrons. The van der Waals surface area contributed by atoms with Crippen molar-refractivity contribution in [3.05, 3.63) is 71.3 Å². The van der Waals surface area contributed by atoms with Crippen molar-refractivity contribution in [1.29, 1.82) is 0 Å². The minimum Gasteiger partial charge on any atom is -0.335 e. The lowest BCUT2D eigenvalue weighted by Gasteiger charge is -2.32. The topological polar surface area (TPSA) is 67.4 Å². The van der Waals surface area contributed by atoms with E-state index in [0.29, 0.717) is 5.56 Å². The summed E-state index contributed by atoms with van der Waals surface area (Å²) in [6.07, 6.45) is 0. The van der Waals surface area contributed by atoms with E-state index in [1.165, 1.54) is 0 Å². The standard InChI is InChI=1S/C19H22Cl3N2O3P/c1-3-27-28(26,23-13-15-7-5-4-6-8-15)18(19(20,21)22)24-17(25)16-11-9-14(2)10-12-16/h4-12,18H,3,13H2,1-2H3,(H,23,26)(H,24,25)/t18-,28-/m0/s1. The van der Waals surface area contributed by atoms with E-state index in [0.717, 1.165) is 11.1 Å². The summed E-state index contributed by atoms with van der Waals surface area (Å²) in [4.78, 5) is 12.6. The molecule has 9 heteroatoms. The quantitative estimate of drug-likeness (QED) is 0.404. The lowest BCUT2D eigenvalue weighted by atomic mass is 10.1. The summed E-state index contributed by atoms with van der Waals surface area (Å²) in [5.74, 6) is -1.90. The van der Waals surface area contributed by atoms with Crippen LogP contribution in [0.5, 0.6) is 0 Å². The van der Waals surface area contributed by atoms with Gasteiger partial charge in [-0.2, -0.15) is 0 Å². The molecule has 0 spiro atoms. The Morgan fingerprint density at radius 2 is 1.71 bits per heavy atom. The van der Waals surface area contributed by atoms with Gasteiger partial charge in [0.2, 0.25) is 3.79 Å². The highest BCUT2D eigenvalue weighted by molar-refractivity contribution is 7.58. The third-order valence-corrected chi connectivity index (χ3v) is 7.45. The van der Waals surface area contributed by atoms with Gasteiger partial charge < -0.3 is 9.84 Å². The number of benzene rings is 2. The molecule has 0 aliphatic rings. The molecule has 0 radical (unpaired) electrons. The van der Waals surface area contributed by atoms with Crippen LogP contribution in [0.1, 0.15) is 28.4 Å². The van der Waals surface area contributed by atoms with E-state index in [-0.39, 0.29) is 13.2 Å². The minimum absolute atomic E-state index is 0.108. The fourth-order valence-corrected chi connectivity index (χ4v) is 5.67. The highest BCUT2D eigenvalue weighted by atomic mass is 35.6. The monoisotopic (exact) mass is 462 g/mol. The van der Waals surface area contributed by atoms with Gasteiger partial charge in [0.15, 0.2) is 5.78 Å². The van der Waals surface area contributed by atoms with E-state index in [1.54, 1.807) is 31.2 Å². The zero-order chi connectivity index (χ0) is 20.8. The predicted molar refractivity (Wildman–Crippen MR) is 115 cm³/mol. The number of hydrogen-bond donors (Lipinski definition) is 2. The van der Waals surface area contributed by atoms with Gasteiger partial charge in [-0.05, 0) is 31.5 Å². The number of rotatable bonds is 8. The lowest BCUT2D eigenvalue weighted by molar-refractivity contribution is 0.0944. The number of hydrogen-bond acceptors (Lipinski definition) is 3. The van der Waals surface area contributed by atoms with Crippen LogP contribution in [0.3, 0.4) is 0 Å². The molecule has 1 amide bonds. The Morgan fingerprint density at radius 3 is 2.25 bits per heavy atom. The minimum atomic E-state index is -3.78. The van der Waals surface area contributed by atoms with Crippen molar-refractivity contribution in [2.75, 3.05) is 6.61 Å². The molecule has 0 unspecified atom stereocenters. The van der Waals surface area contributed by atoms with Crippen LogP contribution >= 0.6 is 42.3 Å². The molecule has 0 saturated heterocycles. The second-order valence-electron chi connectivity index (χ2n) is 6.12. The van der Waals surface area contributed by atoms with Gasteiger partial charge in [-0.3, -0.25) is 9.36 Å². The SMILES string of the molecule is CCO[P@](=O)(NCc1ccccc1)[C@H](NC(=O)c1ccc(C)cc1)C(Cl)(Cl)Cl. The molecule has 2 aromatic rings. The Labute approximate surface area is 180 Å². The predicted octanol–water partition coefficient (Wildman–Crippen LogP) is 5.44. The first-order valence-electron chi connectivity index (χ1n) is 8.63. The fraction of sp³-hybridized carbons (Fsp3) is 0.316. The van der Waals surface area contributed by atoms with Crippen LogP contribution in [0.25, 0.3) is 0 Å². The molecule has 5 nitrogen and oxygen atoms in total. The number of halogens is 3. The first kappa shape index (κ1) is 23.2. The first-order valence-corrected chi connectivity index (χ1v) is 11.5. The van der Waals surface area contributed by atoms with Crippen LogP contribution in [0.15, 0.2) is 54.6 Å². The van der Waals surface area contributed by atoms with Gasteiger partial charge in [0.05, 0.1) is 6.61 Å². The maximum Gasteiger partial charge on any atom is 0.296 e. The number of amides is 1. The molecule has 0 aliphatic carbocycles. The molecular weight excluding hydrogens is 442 g/mol. The molecular formula is C19H22Cl3N2O3P. The van der Waals surface area contributed by atoms with E-state index in [1.807, 2.05) is 37.3 Å². The number of aryl methyl sites for hydroxylation is 1. The molecule has 0 saturated carbocycles. The summed E-state index contributed by atoms with van der Waals surface area (Å²) in [6.45, 7) is 3.91. The van der Waals surface area contributed by atoms with Gasteiger partial charge in [-0.1, -0.05) is 82.8 Å². The number of carbonyl (C=O) groups excluding carboxylic acids is 1. The molecule has 2 aromatic carbocycles. The van der Waals surface area contributed by atoms with Crippen LogP contribution in [-0.4, -0.2) is 22.1 Å². The molecule has 2 N–H and O–H groups in total. The molecule has 0 fully saturated rings. The molecule has 0 aliphatic heterocycles. The van der Waals surface area contributed by atoms with Crippen molar-refractivity contribution >= 4 is 48.2 Å². The highest BCUT2D eigenvalue weighted by Crippen LogP contribution is 2.55. The maximum atomic E-state index is 13.6. The lowest BCUT2D eigenvalue weighted by Crippen LogP contribution is -2.46. The van der Waals surface area contributed by atoms with Crippen LogP contribution in [0.2, 0.25) is 0 Å². The third kappa shape index (κ3) is 6.48. The zero-order valence-electron chi connectivity index (χ0n) is 15.5. The Bertz CT molecular complexity index is 827. The maximum absolute atomic E-state index is 13.6. The number of nitrogens with one attached hydrogen (secondary N) is 2. The van der Waals surface area contributed by atoms with E-state index in [4.69, 9.17) is 39.3 Å². The largest absolute Gasteiger partial charge is 0.335 e. The van der Waals surface area contributed by atoms with Gasteiger partial charge in [0, 0.05) is 12.1 Å². The molecule has 0 bridgehead atoms. The van der Waals surface area contributed by atoms with Gasteiger partial charge in [0.1, 0.15) is 0 Å². The van der Waals surface area contributed by atoms with Crippen molar-refractivity contribution in [2.24, 2.45) is 0 Å². The van der Waals surface area contributed by atoms with E-state index in [2.05, 4.69) is 10.4 Å². The molecule has 2 atom stereocenters. The van der Waals surface area contributed by atoms with Crippen LogP contribution in [0, 0.1) is 6.92 Å². The van der Waals surface area contributed by atoms with E-state index in [9.17, 15) is 9.36 Å². The first-order chi connectivity index (χ1) is 13.2. The molecule has 2 rings (SSSR count). The van der Waals surface area contributed by atoms with Gasteiger partial charge in [-0.25, -0.2) is 5.09 Å². The smallest absolute Gasteiger partial charge is 0.296 e. The van der Waals surface area contributed by atoms with Crippen LogP contribution < -0.4 is 10.4 Å². The van der Waals surface area contributed by atoms with Crippen LogP contribution in [0.4, 0.5) is 0 Å². The van der Waals surface area contributed by atoms with E-state index >= 15 is 0 Å². The van der Waals surface area contributed by atoms with Crippen molar-refractivity contribution in [2.45, 2.75) is 30.0 Å². The summed E-state index contributed by atoms with van der Waals surface area (Å²) in [6, 6.07) is 16.2. The summed E-state index contributed by atoms with van der Waals surface area (Å²) < 4.78 is 17.0. The van der Waals surface area contributed by atoms with Crippen molar-refractivity contribution < 1.29 is 13.9 Å². The van der Waals surface area contributed by atoms with E-state index < -0.39 is 23.0 Å². The summed E-state index contributed by atoms with van der Waals surface area (Å²) >= 11 is 18.2. The normalized spacial score (nSPS) is 14.9. The number of carbonyl (C=O) groups is 1. The zero-order valence-corrected chi connectivity index (χ0v) is 18.7.